The standard InChI is InChI=1S/C10H15.C9H11.2CH3.Hf/c1-6-7(2)9(4)10(5)8(6)3;1-2-5-9-7-3-6-8(9)4-1;;;/h1-5H3;1-2,4,6,9H,3,5,7H2;2*1H3;/q4*-1;+4. The van der Waals surface area contributed by atoms with Crippen molar-refractivity contribution in [3.63, 3.8) is 0 Å². The van der Waals surface area contributed by atoms with Gasteiger partial charge in [0, 0.05) is 0 Å². The van der Waals surface area contributed by atoms with E-state index in [4.69, 9.17) is 0 Å². The van der Waals surface area contributed by atoms with E-state index in [1.165, 1.54) is 47.1 Å². The second-order valence-corrected chi connectivity index (χ2v) is 5.93. The third kappa shape index (κ3) is 5.05. The number of hydrogen-bond donors (Lipinski definition) is 0. The van der Waals surface area contributed by atoms with Crippen LogP contribution < -0.4 is 0 Å². The monoisotopic (exact) mass is 464 g/mol. The molecule has 22 heavy (non-hydrogen) atoms. The summed E-state index contributed by atoms with van der Waals surface area (Å²) in [5.41, 5.74) is 8.92. The van der Waals surface area contributed by atoms with Gasteiger partial charge in [0.2, 0.25) is 0 Å². The van der Waals surface area contributed by atoms with Crippen LogP contribution in [0.3, 0.4) is 0 Å². The van der Waals surface area contributed by atoms with Crippen LogP contribution >= 0.6 is 0 Å². The molecule has 0 N–H and O–H groups in total. The Labute approximate surface area is 158 Å². The minimum absolute atomic E-state index is 0. The second kappa shape index (κ2) is 10.4. The number of allylic oxidation sites excluding steroid dienone is 4. The van der Waals surface area contributed by atoms with Crippen LogP contribution in [0.2, 0.25) is 0 Å². The Hall–Kier alpha value is -0.430. The molecule has 1 heteroatoms. The van der Waals surface area contributed by atoms with Crippen molar-refractivity contribution in [2.24, 2.45) is 5.92 Å². The molecule has 1 aromatic rings. The first kappa shape index (κ1) is 23.8. The summed E-state index contributed by atoms with van der Waals surface area (Å²) in [6.07, 6.45) is 13.0. The Balaban J connectivity index is 0. The summed E-state index contributed by atoms with van der Waals surface area (Å²) in [4.78, 5) is 0. The third-order valence-electron chi connectivity index (χ3n) is 5.02. The molecule has 0 nitrogen and oxygen atoms in total. The van der Waals surface area contributed by atoms with Crippen LogP contribution in [0.1, 0.15) is 47.1 Å². The summed E-state index contributed by atoms with van der Waals surface area (Å²) in [6.45, 7) is 11.0. The van der Waals surface area contributed by atoms with Gasteiger partial charge in [-0.15, -0.1) is 18.6 Å². The molecule has 3 rings (SSSR count). The van der Waals surface area contributed by atoms with E-state index in [1.54, 1.807) is 5.57 Å². The van der Waals surface area contributed by atoms with Gasteiger partial charge in [-0.2, -0.15) is 27.8 Å². The Morgan fingerprint density at radius 1 is 1.05 bits per heavy atom. The van der Waals surface area contributed by atoms with E-state index >= 15 is 0 Å². The first-order valence-corrected chi connectivity index (χ1v) is 7.42. The molecule has 0 radical (unpaired) electrons. The van der Waals surface area contributed by atoms with E-state index in [9.17, 15) is 0 Å². The molecule has 0 aromatic heterocycles. The summed E-state index contributed by atoms with van der Waals surface area (Å²) in [5.74, 6) is 0.884. The predicted octanol–water partition coefficient (Wildman–Crippen LogP) is 6.33. The fourth-order valence-electron chi connectivity index (χ4n) is 3.07. The van der Waals surface area contributed by atoms with Crippen LogP contribution in [0.5, 0.6) is 0 Å². The maximum atomic E-state index is 2.37. The maximum Gasteiger partial charge on any atom is 4.00 e. The van der Waals surface area contributed by atoms with Gasteiger partial charge in [-0.25, -0.2) is 18.1 Å². The SMILES string of the molecule is C1=CCC2CC[CH-]C2=C1.Cc1c(C)c(C)[c-](C)c1C.[CH3-].[CH3-].[Hf+4]. The van der Waals surface area contributed by atoms with E-state index in [-0.39, 0.29) is 40.7 Å². The van der Waals surface area contributed by atoms with Gasteiger partial charge in [0.1, 0.15) is 0 Å². The minimum Gasteiger partial charge on any atom is -0.358 e. The molecule has 0 aliphatic heterocycles. The van der Waals surface area contributed by atoms with Crippen molar-refractivity contribution < 1.29 is 25.8 Å². The zero-order valence-electron chi connectivity index (χ0n) is 15.5. The van der Waals surface area contributed by atoms with Crippen molar-refractivity contribution in [1.29, 1.82) is 0 Å². The molecule has 1 fully saturated rings. The minimum atomic E-state index is 0. The molecule has 2 aliphatic carbocycles. The van der Waals surface area contributed by atoms with Crippen molar-refractivity contribution in [2.75, 3.05) is 0 Å². The molecule has 1 saturated carbocycles. The largest absolute Gasteiger partial charge is 4.00 e. The summed E-state index contributed by atoms with van der Waals surface area (Å²) in [7, 11) is 0. The van der Waals surface area contributed by atoms with Crippen LogP contribution in [-0.2, 0) is 25.8 Å². The first-order valence-electron chi connectivity index (χ1n) is 7.42. The zero-order chi connectivity index (χ0) is 14.0. The van der Waals surface area contributed by atoms with E-state index in [1.807, 2.05) is 0 Å². The fourth-order valence-corrected chi connectivity index (χ4v) is 3.07. The number of hydrogen-bond acceptors (Lipinski definition) is 0. The molecule has 2 aliphatic rings. The average molecular weight is 463 g/mol. The van der Waals surface area contributed by atoms with Crippen molar-refractivity contribution in [2.45, 2.75) is 53.9 Å². The molecule has 120 valence electrons. The number of rotatable bonds is 0. The van der Waals surface area contributed by atoms with Crippen molar-refractivity contribution in [3.8, 4) is 0 Å². The van der Waals surface area contributed by atoms with Gasteiger partial charge in [0.25, 0.3) is 0 Å². The summed E-state index contributed by atoms with van der Waals surface area (Å²) >= 11 is 0. The molecule has 1 atom stereocenters. The number of fused-ring (bicyclic) bond motifs is 1. The molecule has 1 aromatic carbocycles. The van der Waals surface area contributed by atoms with Gasteiger partial charge in [-0.1, -0.05) is 41.0 Å². The van der Waals surface area contributed by atoms with Crippen LogP contribution in [-0.4, -0.2) is 0 Å². The van der Waals surface area contributed by atoms with Crippen LogP contribution in [0.25, 0.3) is 0 Å². The van der Waals surface area contributed by atoms with E-state index in [2.05, 4.69) is 59.3 Å². The molecule has 1 unspecified atom stereocenters. The van der Waals surface area contributed by atoms with Crippen LogP contribution in [0.4, 0.5) is 0 Å². The Bertz CT molecular complexity index is 434. The molecule has 0 amide bonds. The Kier molecular flexibility index (Phi) is 11.2. The Morgan fingerprint density at radius 3 is 2.00 bits per heavy atom. The van der Waals surface area contributed by atoms with Gasteiger partial charge < -0.3 is 14.9 Å². The third-order valence-corrected chi connectivity index (χ3v) is 5.02. The smallest absolute Gasteiger partial charge is 0.358 e. The topological polar surface area (TPSA) is 0 Å². The molecule has 0 spiro atoms. The second-order valence-electron chi connectivity index (χ2n) is 5.93. The van der Waals surface area contributed by atoms with Crippen molar-refractivity contribution in [1.82, 2.24) is 0 Å². The fraction of sp³-hybridized carbons (Fsp3) is 0.429. The molecule has 0 saturated heterocycles. The normalized spacial score (nSPS) is 17.5. The van der Waals surface area contributed by atoms with E-state index < -0.39 is 0 Å². The maximum absolute atomic E-state index is 2.37. The van der Waals surface area contributed by atoms with Crippen molar-refractivity contribution >= 4 is 0 Å². The van der Waals surface area contributed by atoms with Gasteiger partial charge in [-0.05, 0) is 12.3 Å². The molecular weight excluding hydrogens is 431 g/mol. The van der Waals surface area contributed by atoms with Crippen LogP contribution in [0, 0.1) is 61.8 Å². The average Bonchev–Trinajstić information content (AvgIpc) is 2.97. The van der Waals surface area contributed by atoms with E-state index in [0.29, 0.717) is 0 Å². The summed E-state index contributed by atoms with van der Waals surface area (Å²) < 4.78 is 0. The zero-order valence-corrected chi connectivity index (χ0v) is 19.1. The quantitative estimate of drug-likeness (QED) is 0.312. The summed E-state index contributed by atoms with van der Waals surface area (Å²) in [5, 5.41) is 0. The Morgan fingerprint density at radius 2 is 1.59 bits per heavy atom. The van der Waals surface area contributed by atoms with Gasteiger partial charge in [0.05, 0.1) is 0 Å². The van der Waals surface area contributed by atoms with Crippen LogP contribution in [0.15, 0.2) is 23.8 Å². The molecule has 0 heterocycles. The van der Waals surface area contributed by atoms with Gasteiger partial charge in [-0.3, -0.25) is 0 Å². The summed E-state index contributed by atoms with van der Waals surface area (Å²) in [6, 6.07) is 0. The van der Waals surface area contributed by atoms with E-state index in [0.717, 1.165) is 5.92 Å². The molecular formula is C21H32Hf. The predicted molar refractivity (Wildman–Crippen MR) is 97.4 cm³/mol. The van der Waals surface area contributed by atoms with Gasteiger partial charge in [0.15, 0.2) is 0 Å². The molecule has 0 bridgehead atoms. The first-order chi connectivity index (χ1) is 9.02. The van der Waals surface area contributed by atoms with Gasteiger partial charge >= 0.3 is 25.8 Å². The van der Waals surface area contributed by atoms with Crippen molar-refractivity contribution in [3.05, 3.63) is 72.9 Å².